The molecule has 122 valence electrons. The third-order valence-electron chi connectivity index (χ3n) is 4.56. The molecular formula is C20H25NO2. The van der Waals surface area contributed by atoms with E-state index in [1.54, 1.807) is 12.1 Å². The Morgan fingerprint density at radius 1 is 0.739 bits per heavy atom. The lowest BCUT2D eigenvalue weighted by atomic mass is 9.90. The lowest BCUT2D eigenvalue weighted by molar-refractivity contribution is -0.400. The molecule has 2 aromatic carbocycles. The molecule has 0 amide bonds. The molecule has 0 fully saturated rings. The van der Waals surface area contributed by atoms with Gasteiger partial charge in [0.15, 0.2) is 0 Å². The normalized spacial score (nSPS) is 10.3. The fourth-order valence-electron chi connectivity index (χ4n) is 2.40. The predicted octanol–water partition coefficient (Wildman–Crippen LogP) is 5.47. The van der Waals surface area contributed by atoms with Gasteiger partial charge in [0.1, 0.15) is 0 Å². The first kappa shape index (κ1) is 18.6. The number of hydrogen-bond donors (Lipinski definition) is 0. The average molecular weight is 311 g/mol. The highest BCUT2D eigenvalue weighted by atomic mass is 16.6. The standard InChI is InChI=1S/C12H18.C8H7NO2/c1-7-8(2)10(4)12(6)11(5)9(7)3;10-9(11)7-6-8-4-2-1-3-5-8/h1-6H3;1-7H. The van der Waals surface area contributed by atoms with Gasteiger partial charge in [-0.25, -0.2) is 0 Å². The maximum atomic E-state index is 9.89. The second-order valence-corrected chi connectivity index (χ2v) is 5.76. The van der Waals surface area contributed by atoms with Crippen molar-refractivity contribution >= 4 is 6.08 Å². The molecule has 0 atom stereocenters. The Labute approximate surface area is 138 Å². The van der Waals surface area contributed by atoms with Crippen LogP contribution < -0.4 is 0 Å². The van der Waals surface area contributed by atoms with E-state index in [-0.39, 0.29) is 0 Å². The van der Waals surface area contributed by atoms with Gasteiger partial charge in [0.25, 0.3) is 0 Å². The van der Waals surface area contributed by atoms with Crippen LogP contribution in [0.25, 0.3) is 6.08 Å². The smallest absolute Gasteiger partial charge is 0.235 e. The van der Waals surface area contributed by atoms with E-state index in [0.717, 1.165) is 11.8 Å². The Morgan fingerprint density at radius 3 is 1.39 bits per heavy atom. The second kappa shape index (κ2) is 8.28. The van der Waals surface area contributed by atoms with Crippen molar-refractivity contribution in [3.05, 3.63) is 85.6 Å². The van der Waals surface area contributed by atoms with E-state index in [4.69, 9.17) is 0 Å². The molecule has 23 heavy (non-hydrogen) atoms. The number of nitro groups is 1. The topological polar surface area (TPSA) is 43.1 Å². The van der Waals surface area contributed by atoms with Gasteiger partial charge in [0.2, 0.25) is 6.20 Å². The molecule has 0 bridgehead atoms. The summed E-state index contributed by atoms with van der Waals surface area (Å²) in [6.45, 7) is 13.3. The van der Waals surface area contributed by atoms with Gasteiger partial charge in [-0.1, -0.05) is 30.3 Å². The summed E-state index contributed by atoms with van der Waals surface area (Å²) < 4.78 is 0. The third-order valence-corrected chi connectivity index (χ3v) is 4.56. The molecule has 0 unspecified atom stereocenters. The Bertz CT molecular complexity index is 611. The van der Waals surface area contributed by atoms with E-state index in [0.29, 0.717) is 0 Å². The number of benzene rings is 2. The van der Waals surface area contributed by atoms with Crippen LogP contribution in [-0.2, 0) is 0 Å². The molecule has 0 heterocycles. The minimum atomic E-state index is -0.479. The van der Waals surface area contributed by atoms with Crippen LogP contribution in [-0.4, -0.2) is 4.92 Å². The average Bonchev–Trinajstić information content (AvgIpc) is 2.56. The lowest BCUT2D eigenvalue weighted by Gasteiger charge is -2.15. The van der Waals surface area contributed by atoms with E-state index in [1.165, 1.54) is 39.5 Å². The first-order valence-corrected chi connectivity index (χ1v) is 7.66. The Hall–Kier alpha value is -2.42. The maximum absolute atomic E-state index is 9.89. The van der Waals surface area contributed by atoms with Gasteiger partial charge in [0, 0.05) is 6.08 Å². The van der Waals surface area contributed by atoms with Crippen molar-refractivity contribution < 1.29 is 4.92 Å². The molecule has 0 radical (unpaired) electrons. The molecule has 0 aliphatic rings. The first-order chi connectivity index (χ1) is 10.8. The molecule has 0 saturated heterocycles. The Kier molecular flexibility index (Phi) is 6.70. The molecule has 0 N–H and O–H groups in total. The van der Waals surface area contributed by atoms with Gasteiger partial charge in [-0.2, -0.15) is 0 Å². The highest BCUT2D eigenvalue weighted by Crippen LogP contribution is 2.24. The number of nitrogens with zero attached hydrogens (tertiary/aromatic N) is 1. The van der Waals surface area contributed by atoms with Crippen molar-refractivity contribution in [3.8, 4) is 0 Å². The highest BCUT2D eigenvalue weighted by Gasteiger charge is 2.07. The molecule has 0 spiro atoms. The van der Waals surface area contributed by atoms with Crippen LogP contribution in [0.5, 0.6) is 0 Å². The van der Waals surface area contributed by atoms with Crippen molar-refractivity contribution in [1.82, 2.24) is 0 Å². The molecule has 0 aliphatic heterocycles. The number of hydrogen-bond acceptors (Lipinski definition) is 2. The van der Waals surface area contributed by atoms with Crippen LogP contribution in [0.15, 0.2) is 36.5 Å². The summed E-state index contributed by atoms with van der Waals surface area (Å²) in [6, 6.07) is 9.14. The van der Waals surface area contributed by atoms with Crippen molar-refractivity contribution in [2.45, 2.75) is 41.5 Å². The van der Waals surface area contributed by atoms with E-state index in [2.05, 4.69) is 41.5 Å². The summed E-state index contributed by atoms with van der Waals surface area (Å²) >= 11 is 0. The third kappa shape index (κ3) is 5.06. The quantitative estimate of drug-likeness (QED) is 0.545. The van der Waals surface area contributed by atoms with Crippen LogP contribution in [0, 0.1) is 51.7 Å². The molecular weight excluding hydrogens is 286 g/mol. The van der Waals surface area contributed by atoms with Gasteiger partial charge in [-0.05, 0) is 80.5 Å². The Balaban J connectivity index is 0.000000231. The minimum absolute atomic E-state index is 0.479. The second-order valence-electron chi connectivity index (χ2n) is 5.76. The maximum Gasteiger partial charge on any atom is 0.235 e. The fourth-order valence-corrected chi connectivity index (χ4v) is 2.40. The van der Waals surface area contributed by atoms with Gasteiger partial charge < -0.3 is 0 Å². The van der Waals surface area contributed by atoms with Gasteiger partial charge in [0.05, 0.1) is 4.92 Å². The molecule has 3 nitrogen and oxygen atoms in total. The summed E-state index contributed by atoms with van der Waals surface area (Å²) in [5, 5.41) is 9.89. The minimum Gasteiger partial charge on any atom is -0.259 e. The highest BCUT2D eigenvalue weighted by molar-refractivity contribution is 5.48. The summed E-state index contributed by atoms with van der Waals surface area (Å²) in [4.78, 5) is 9.41. The summed E-state index contributed by atoms with van der Waals surface area (Å²) in [5.41, 5.74) is 9.56. The molecule has 3 heteroatoms. The summed E-state index contributed by atoms with van der Waals surface area (Å²) in [7, 11) is 0. The van der Waals surface area contributed by atoms with Crippen molar-refractivity contribution in [1.29, 1.82) is 0 Å². The van der Waals surface area contributed by atoms with E-state index >= 15 is 0 Å². The van der Waals surface area contributed by atoms with Gasteiger partial charge in [-0.15, -0.1) is 0 Å². The zero-order chi connectivity index (χ0) is 17.6. The summed E-state index contributed by atoms with van der Waals surface area (Å²) in [5.74, 6) is 0. The van der Waals surface area contributed by atoms with Crippen LogP contribution in [0.1, 0.15) is 38.9 Å². The summed E-state index contributed by atoms with van der Waals surface area (Å²) in [6.07, 6.45) is 2.38. The van der Waals surface area contributed by atoms with E-state index in [9.17, 15) is 10.1 Å². The molecule has 0 aliphatic carbocycles. The van der Waals surface area contributed by atoms with Gasteiger partial charge >= 0.3 is 0 Å². The van der Waals surface area contributed by atoms with Crippen molar-refractivity contribution in [3.63, 3.8) is 0 Å². The molecule has 0 saturated carbocycles. The van der Waals surface area contributed by atoms with Crippen LogP contribution in [0.3, 0.4) is 0 Å². The van der Waals surface area contributed by atoms with Crippen LogP contribution in [0.2, 0.25) is 0 Å². The molecule has 2 rings (SSSR count). The Morgan fingerprint density at radius 2 is 1.09 bits per heavy atom. The fraction of sp³-hybridized carbons (Fsp3) is 0.300. The van der Waals surface area contributed by atoms with E-state index < -0.39 is 4.92 Å². The first-order valence-electron chi connectivity index (χ1n) is 7.66. The monoisotopic (exact) mass is 311 g/mol. The van der Waals surface area contributed by atoms with Crippen LogP contribution in [0.4, 0.5) is 0 Å². The number of rotatable bonds is 2. The SMILES string of the molecule is Cc1c(C)c(C)c(C)c(C)c1C.O=[N+]([O-])C=Cc1ccccc1. The zero-order valence-electron chi connectivity index (χ0n) is 14.8. The zero-order valence-corrected chi connectivity index (χ0v) is 14.8. The van der Waals surface area contributed by atoms with Crippen molar-refractivity contribution in [2.24, 2.45) is 0 Å². The van der Waals surface area contributed by atoms with Gasteiger partial charge in [-0.3, -0.25) is 10.1 Å². The van der Waals surface area contributed by atoms with Crippen LogP contribution >= 0.6 is 0 Å². The molecule has 0 aromatic heterocycles. The van der Waals surface area contributed by atoms with E-state index in [1.807, 2.05) is 18.2 Å². The van der Waals surface area contributed by atoms with Crippen molar-refractivity contribution in [2.75, 3.05) is 0 Å². The largest absolute Gasteiger partial charge is 0.259 e. The molecule has 2 aromatic rings. The predicted molar refractivity (Wildman–Crippen MR) is 97.3 cm³/mol. The lowest BCUT2D eigenvalue weighted by Crippen LogP contribution is -1.98.